The van der Waals surface area contributed by atoms with Gasteiger partial charge in [-0.2, -0.15) is 0 Å². The van der Waals surface area contributed by atoms with Crippen molar-refractivity contribution in [2.75, 3.05) is 0 Å². The number of hydrogen-bond acceptors (Lipinski definition) is 0. The van der Waals surface area contributed by atoms with E-state index in [4.69, 9.17) is 0 Å². The van der Waals surface area contributed by atoms with Gasteiger partial charge in [-0.05, 0) is 0 Å². The van der Waals surface area contributed by atoms with Crippen molar-refractivity contribution in [3.63, 3.8) is 0 Å². The summed E-state index contributed by atoms with van der Waals surface area (Å²) < 4.78 is 0. The minimum Gasteiger partial charge on any atom is -0.358 e. The molecule has 6 heavy (non-hydrogen) atoms. The molecule has 0 aliphatic carbocycles. The Balaban J connectivity index is -0.00000000667. The summed E-state index contributed by atoms with van der Waals surface area (Å²) in [4.78, 5) is 0. The average molecular weight is 151 g/mol. The number of rotatable bonds is 0. The standard InChI is InChI=1S/C3H5.CH3.ClH.Ni/c1-3-2;;;/h3H,1-2H2;1H3;1H;/q2*-1;;+2. The van der Waals surface area contributed by atoms with E-state index >= 15 is 0 Å². The quantitative estimate of drug-likeness (QED) is 0.366. The van der Waals surface area contributed by atoms with E-state index in [9.17, 15) is 0 Å². The van der Waals surface area contributed by atoms with Crippen molar-refractivity contribution in [1.82, 2.24) is 0 Å². The first-order valence-electron chi connectivity index (χ1n) is 0.816. The molecule has 0 aromatic carbocycles. The first-order chi connectivity index (χ1) is 1.41. The van der Waals surface area contributed by atoms with Gasteiger partial charge in [-0.15, -0.1) is 12.4 Å². The second-order valence-electron chi connectivity index (χ2n) is 0.289. The zero-order chi connectivity index (χ0) is 2.71. The molecular formula is C4H9ClNi. The molecule has 0 radical (unpaired) electrons. The predicted octanol–water partition coefficient (Wildman–Crippen LogP) is 1.88. The van der Waals surface area contributed by atoms with Gasteiger partial charge in [0.2, 0.25) is 0 Å². The molecule has 0 nitrogen and oxygen atoms in total. The third-order valence-electron chi connectivity index (χ3n) is 0. The Labute approximate surface area is 56.4 Å². The normalized spacial score (nSPS) is 2.00. The zero-order valence-corrected chi connectivity index (χ0v) is 5.52. The van der Waals surface area contributed by atoms with Crippen LogP contribution < -0.4 is 0 Å². The molecule has 0 fully saturated rings. The minimum absolute atomic E-state index is 0. The zero-order valence-electron chi connectivity index (χ0n) is 3.72. The fourth-order valence-corrected chi connectivity index (χ4v) is 0. The van der Waals surface area contributed by atoms with Gasteiger partial charge >= 0.3 is 16.5 Å². The summed E-state index contributed by atoms with van der Waals surface area (Å²) in [6.07, 6.45) is 1.50. The largest absolute Gasteiger partial charge is 2.00 e. The molecular weight excluding hydrogens is 142 g/mol. The fraction of sp³-hybridized carbons (Fsp3) is 0. The monoisotopic (exact) mass is 150 g/mol. The van der Waals surface area contributed by atoms with Gasteiger partial charge in [0, 0.05) is 0 Å². The molecule has 0 spiro atoms. The molecule has 0 bridgehead atoms. The van der Waals surface area contributed by atoms with Crippen LogP contribution in [0.4, 0.5) is 0 Å². The number of hydrogen-bond donors (Lipinski definition) is 0. The van der Waals surface area contributed by atoms with E-state index in [1.54, 1.807) is 0 Å². The molecule has 0 atom stereocenters. The summed E-state index contributed by atoms with van der Waals surface area (Å²) >= 11 is 0. The van der Waals surface area contributed by atoms with Crippen LogP contribution in [-0.4, -0.2) is 0 Å². The molecule has 0 aromatic heterocycles. The van der Waals surface area contributed by atoms with Gasteiger partial charge in [-0.25, -0.2) is 19.6 Å². The summed E-state index contributed by atoms with van der Waals surface area (Å²) in [6, 6.07) is 0. The van der Waals surface area contributed by atoms with Crippen LogP contribution in [0.25, 0.3) is 0 Å². The molecule has 0 aliphatic rings. The molecule has 0 N–H and O–H groups in total. The van der Waals surface area contributed by atoms with Crippen LogP contribution in [0.2, 0.25) is 0 Å². The smallest absolute Gasteiger partial charge is 0.358 e. The van der Waals surface area contributed by atoms with Crippen molar-refractivity contribution in [2.24, 2.45) is 0 Å². The molecule has 0 saturated carbocycles. The summed E-state index contributed by atoms with van der Waals surface area (Å²) in [5, 5.41) is 0. The van der Waals surface area contributed by atoms with Gasteiger partial charge in [0.1, 0.15) is 0 Å². The molecule has 0 amide bonds. The van der Waals surface area contributed by atoms with Gasteiger partial charge in [0.05, 0.1) is 0 Å². The van der Waals surface area contributed by atoms with Gasteiger partial charge < -0.3 is 7.43 Å². The van der Waals surface area contributed by atoms with E-state index in [0.29, 0.717) is 0 Å². The van der Waals surface area contributed by atoms with Crippen molar-refractivity contribution >= 4 is 12.4 Å². The topological polar surface area (TPSA) is 0 Å². The second-order valence-corrected chi connectivity index (χ2v) is 0.289. The maximum atomic E-state index is 3.25. The van der Waals surface area contributed by atoms with Crippen LogP contribution >= 0.6 is 12.4 Å². The predicted molar refractivity (Wildman–Crippen MR) is 29.2 cm³/mol. The first-order valence-corrected chi connectivity index (χ1v) is 0.816. The van der Waals surface area contributed by atoms with Crippen molar-refractivity contribution in [1.29, 1.82) is 0 Å². The third-order valence-corrected chi connectivity index (χ3v) is 0. The van der Waals surface area contributed by atoms with Crippen LogP contribution in [0.3, 0.4) is 0 Å². The summed E-state index contributed by atoms with van der Waals surface area (Å²) in [5.74, 6) is 0. The Kier molecular flexibility index (Phi) is 290. The van der Waals surface area contributed by atoms with E-state index in [2.05, 4.69) is 13.5 Å². The maximum absolute atomic E-state index is 3.25. The molecule has 0 aromatic rings. The van der Waals surface area contributed by atoms with Crippen LogP contribution in [-0.2, 0) is 16.5 Å². The summed E-state index contributed by atoms with van der Waals surface area (Å²) in [7, 11) is 0. The Morgan fingerprint density at radius 3 is 1.50 bits per heavy atom. The van der Waals surface area contributed by atoms with Crippen molar-refractivity contribution in [2.45, 2.75) is 0 Å². The molecule has 0 aliphatic heterocycles. The van der Waals surface area contributed by atoms with E-state index < -0.39 is 0 Å². The molecule has 2 heteroatoms. The maximum Gasteiger partial charge on any atom is 2.00 e. The fourth-order valence-electron chi connectivity index (χ4n) is 0. The number of halogens is 1. The molecule has 0 unspecified atom stereocenters. The Morgan fingerprint density at radius 2 is 1.50 bits per heavy atom. The van der Waals surface area contributed by atoms with Gasteiger partial charge in [-0.3, -0.25) is 0 Å². The second kappa shape index (κ2) is 53.6. The van der Waals surface area contributed by atoms with Crippen LogP contribution in [0.1, 0.15) is 0 Å². The van der Waals surface area contributed by atoms with E-state index in [1.807, 2.05) is 0 Å². The first kappa shape index (κ1) is 32.5. The van der Waals surface area contributed by atoms with Gasteiger partial charge in [0.25, 0.3) is 0 Å². The molecule has 0 heterocycles. The Hall–Kier alpha value is 0.394. The van der Waals surface area contributed by atoms with Gasteiger partial charge in [0.15, 0.2) is 0 Å². The van der Waals surface area contributed by atoms with Crippen LogP contribution in [0.15, 0.2) is 12.7 Å². The van der Waals surface area contributed by atoms with Crippen molar-refractivity contribution in [3.05, 3.63) is 27.0 Å². The SMILES string of the molecule is C=C[CH2-].Cl.[CH3-].[Ni+2]. The van der Waals surface area contributed by atoms with Crippen molar-refractivity contribution < 1.29 is 16.5 Å². The third kappa shape index (κ3) is 327. The Bertz CT molecular complexity index is 15.0. The van der Waals surface area contributed by atoms with E-state index in [0.717, 1.165) is 0 Å². The van der Waals surface area contributed by atoms with E-state index in [1.165, 1.54) is 6.08 Å². The summed E-state index contributed by atoms with van der Waals surface area (Å²) in [6.45, 7) is 6.50. The minimum atomic E-state index is 0. The molecule has 42 valence electrons. The average Bonchev–Trinajstić information content (AvgIpc) is 0.918. The molecule has 0 rings (SSSR count). The van der Waals surface area contributed by atoms with Gasteiger partial charge in [-0.1, -0.05) is 0 Å². The molecule has 0 saturated heterocycles. The van der Waals surface area contributed by atoms with Crippen molar-refractivity contribution in [3.8, 4) is 0 Å². The van der Waals surface area contributed by atoms with Crippen LogP contribution in [0.5, 0.6) is 0 Å². The van der Waals surface area contributed by atoms with E-state index in [-0.39, 0.29) is 36.3 Å². The van der Waals surface area contributed by atoms with Crippen LogP contribution in [0, 0.1) is 14.4 Å². The number of allylic oxidation sites excluding steroid dienone is 1. The Morgan fingerprint density at radius 1 is 1.50 bits per heavy atom. The summed E-state index contributed by atoms with van der Waals surface area (Å²) in [5.41, 5.74) is 0.